The zero-order chi connectivity index (χ0) is 12.1. The zero-order valence-corrected chi connectivity index (χ0v) is 12.6. The van der Waals surface area contributed by atoms with Crippen molar-refractivity contribution in [1.29, 1.82) is 0 Å². The van der Waals surface area contributed by atoms with Gasteiger partial charge in [-0.2, -0.15) is 0 Å². The number of carbonyl (C=O) groups is 1. The Hall–Kier alpha value is -0.580. The van der Waals surface area contributed by atoms with Crippen LogP contribution in [0, 0.1) is 12.8 Å². The van der Waals surface area contributed by atoms with Gasteiger partial charge in [-0.25, -0.2) is 0 Å². The van der Waals surface area contributed by atoms with Gasteiger partial charge in [0.2, 0.25) is 5.91 Å². The topological polar surface area (TPSA) is 41.1 Å². The van der Waals surface area contributed by atoms with Gasteiger partial charge in [0.25, 0.3) is 0 Å². The third-order valence-corrected chi connectivity index (χ3v) is 2.90. The van der Waals surface area contributed by atoms with Crippen LogP contribution in [0.4, 0.5) is 5.69 Å². The van der Waals surface area contributed by atoms with Gasteiger partial charge in [0, 0.05) is 22.6 Å². The quantitative estimate of drug-likeness (QED) is 0.895. The molecule has 1 aromatic carbocycles. The van der Waals surface area contributed by atoms with E-state index in [1.807, 2.05) is 39.1 Å². The Labute approximate surface area is 117 Å². The largest absolute Gasteiger partial charge is 0.326 e. The summed E-state index contributed by atoms with van der Waals surface area (Å²) >= 11 is 3.39. The average Bonchev–Trinajstić information content (AvgIpc) is 2.22. The molecule has 0 aliphatic carbocycles. The first-order chi connectivity index (χ1) is 7.54. The summed E-state index contributed by atoms with van der Waals surface area (Å²) in [6.07, 6.45) is 0. The summed E-state index contributed by atoms with van der Waals surface area (Å²) in [6.45, 7) is 4.56. The van der Waals surface area contributed by atoms with E-state index in [2.05, 4.69) is 26.6 Å². The second-order valence-corrected chi connectivity index (χ2v) is 4.82. The minimum absolute atomic E-state index is 0. The second-order valence-electron chi connectivity index (χ2n) is 3.91. The number of anilines is 1. The lowest BCUT2D eigenvalue weighted by Crippen LogP contribution is -2.28. The number of hydrogen-bond donors (Lipinski definition) is 2. The average molecular weight is 322 g/mol. The number of aryl methyl sites for hydroxylation is 1. The van der Waals surface area contributed by atoms with Gasteiger partial charge in [-0.1, -0.05) is 22.9 Å². The maximum atomic E-state index is 11.8. The summed E-state index contributed by atoms with van der Waals surface area (Å²) < 4.78 is 1.02. The van der Waals surface area contributed by atoms with Gasteiger partial charge in [0.1, 0.15) is 0 Å². The molecule has 5 heteroatoms. The highest BCUT2D eigenvalue weighted by Crippen LogP contribution is 2.20. The van der Waals surface area contributed by atoms with Gasteiger partial charge < -0.3 is 10.6 Å². The summed E-state index contributed by atoms with van der Waals surface area (Å²) in [5.41, 5.74) is 1.93. The normalized spacial score (nSPS) is 11.5. The number of halogens is 2. The Bertz CT molecular complexity index is 385. The van der Waals surface area contributed by atoms with Crippen LogP contribution < -0.4 is 10.6 Å². The molecule has 0 aromatic heterocycles. The molecule has 3 nitrogen and oxygen atoms in total. The highest BCUT2D eigenvalue weighted by atomic mass is 79.9. The lowest BCUT2D eigenvalue weighted by Gasteiger charge is -2.13. The SMILES string of the molecule is CNCC(C)C(=O)Nc1ccc(Br)cc1C.Cl. The van der Waals surface area contributed by atoms with Crippen molar-refractivity contribution in [2.24, 2.45) is 5.92 Å². The summed E-state index contributed by atoms with van der Waals surface area (Å²) in [4.78, 5) is 11.8. The van der Waals surface area contributed by atoms with E-state index in [9.17, 15) is 4.79 Å². The highest BCUT2D eigenvalue weighted by Gasteiger charge is 2.12. The van der Waals surface area contributed by atoms with Crippen LogP contribution in [-0.2, 0) is 4.79 Å². The van der Waals surface area contributed by atoms with Gasteiger partial charge in [-0.15, -0.1) is 12.4 Å². The number of carbonyl (C=O) groups excluding carboxylic acids is 1. The van der Waals surface area contributed by atoms with Crippen molar-refractivity contribution in [1.82, 2.24) is 5.32 Å². The molecule has 2 N–H and O–H groups in total. The fourth-order valence-corrected chi connectivity index (χ4v) is 1.90. The van der Waals surface area contributed by atoms with Crippen LogP contribution in [0.3, 0.4) is 0 Å². The summed E-state index contributed by atoms with van der Waals surface area (Å²) in [5.74, 6) is 0.00724. The van der Waals surface area contributed by atoms with Crippen LogP contribution in [0.25, 0.3) is 0 Å². The van der Waals surface area contributed by atoms with E-state index in [4.69, 9.17) is 0 Å². The maximum Gasteiger partial charge on any atom is 0.228 e. The van der Waals surface area contributed by atoms with Crippen molar-refractivity contribution >= 4 is 39.9 Å². The molecule has 1 atom stereocenters. The van der Waals surface area contributed by atoms with Crippen LogP contribution in [-0.4, -0.2) is 19.5 Å². The standard InChI is InChI=1S/C12H17BrN2O.ClH/c1-8-6-10(13)4-5-11(8)15-12(16)9(2)7-14-3;/h4-6,9,14H,7H2,1-3H3,(H,15,16);1H. The highest BCUT2D eigenvalue weighted by molar-refractivity contribution is 9.10. The fraction of sp³-hybridized carbons (Fsp3) is 0.417. The molecule has 1 amide bonds. The van der Waals surface area contributed by atoms with Crippen LogP contribution in [0.15, 0.2) is 22.7 Å². The van der Waals surface area contributed by atoms with E-state index in [0.717, 1.165) is 15.7 Å². The molecule has 1 rings (SSSR count). The molecule has 0 aliphatic rings. The van der Waals surface area contributed by atoms with Crippen molar-refractivity contribution < 1.29 is 4.79 Å². The summed E-state index contributed by atoms with van der Waals surface area (Å²) in [5, 5.41) is 5.91. The van der Waals surface area contributed by atoms with Crippen molar-refractivity contribution in [2.75, 3.05) is 18.9 Å². The first-order valence-electron chi connectivity index (χ1n) is 5.26. The van der Waals surface area contributed by atoms with E-state index >= 15 is 0 Å². The number of benzene rings is 1. The molecule has 0 saturated heterocycles. The van der Waals surface area contributed by atoms with Crippen molar-refractivity contribution in [3.8, 4) is 0 Å². The van der Waals surface area contributed by atoms with Crippen LogP contribution in [0.2, 0.25) is 0 Å². The Balaban J connectivity index is 0.00000256. The van der Waals surface area contributed by atoms with Gasteiger partial charge >= 0.3 is 0 Å². The molecular formula is C12H18BrClN2O. The maximum absolute atomic E-state index is 11.8. The number of hydrogen-bond acceptors (Lipinski definition) is 2. The monoisotopic (exact) mass is 320 g/mol. The molecule has 0 aliphatic heterocycles. The molecule has 1 aromatic rings. The third kappa shape index (κ3) is 5.06. The van der Waals surface area contributed by atoms with Gasteiger partial charge in [-0.3, -0.25) is 4.79 Å². The molecule has 17 heavy (non-hydrogen) atoms. The molecule has 96 valence electrons. The van der Waals surface area contributed by atoms with Crippen molar-refractivity contribution in [2.45, 2.75) is 13.8 Å². The minimum Gasteiger partial charge on any atom is -0.326 e. The van der Waals surface area contributed by atoms with E-state index in [0.29, 0.717) is 6.54 Å². The van der Waals surface area contributed by atoms with Crippen molar-refractivity contribution in [3.05, 3.63) is 28.2 Å². The predicted molar refractivity (Wildman–Crippen MR) is 77.8 cm³/mol. The Kier molecular flexibility index (Phi) is 7.43. The predicted octanol–water partition coefficient (Wildman–Crippen LogP) is 2.97. The zero-order valence-electron chi connectivity index (χ0n) is 10.2. The Morgan fingerprint density at radius 1 is 1.47 bits per heavy atom. The Morgan fingerprint density at radius 3 is 2.65 bits per heavy atom. The molecule has 0 radical (unpaired) electrons. The fourth-order valence-electron chi connectivity index (χ4n) is 1.42. The van der Waals surface area contributed by atoms with Crippen LogP contribution >= 0.6 is 28.3 Å². The van der Waals surface area contributed by atoms with Gasteiger partial charge in [0.05, 0.1) is 0 Å². The minimum atomic E-state index is -0.0342. The van der Waals surface area contributed by atoms with Gasteiger partial charge in [0.15, 0.2) is 0 Å². The van der Waals surface area contributed by atoms with Crippen LogP contribution in [0.1, 0.15) is 12.5 Å². The summed E-state index contributed by atoms with van der Waals surface area (Å²) in [7, 11) is 1.84. The number of nitrogens with one attached hydrogen (secondary N) is 2. The number of amides is 1. The first-order valence-corrected chi connectivity index (χ1v) is 6.05. The van der Waals surface area contributed by atoms with Crippen molar-refractivity contribution in [3.63, 3.8) is 0 Å². The van der Waals surface area contributed by atoms with E-state index in [-0.39, 0.29) is 24.2 Å². The Morgan fingerprint density at radius 2 is 2.12 bits per heavy atom. The lowest BCUT2D eigenvalue weighted by atomic mass is 10.1. The second kappa shape index (κ2) is 7.69. The van der Waals surface area contributed by atoms with E-state index in [1.165, 1.54) is 0 Å². The van der Waals surface area contributed by atoms with Gasteiger partial charge in [-0.05, 0) is 37.7 Å². The van der Waals surface area contributed by atoms with E-state index < -0.39 is 0 Å². The molecular weight excluding hydrogens is 304 g/mol. The third-order valence-electron chi connectivity index (χ3n) is 2.40. The molecule has 0 heterocycles. The molecule has 0 spiro atoms. The van der Waals surface area contributed by atoms with Crippen LogP contribution in [0.5, 0.6) is 0 Å². The molecule has 1 unspecified atom stereocenters. The number of rotatable bonds is 4. The lowest BCUT2D eigenvalue weighted by molar-refractivity contribution is -0.119. The smallest absolute Gasteiger partial charge is 0.228 e. The molecule has 0 fully saturated rings. The molecule has 0 saturated carbocycles. The molecule has 0 bridgehead atoms. The summed E-state index contributed by atoms with van der Waals surface area (Å²) in [6, 6.07) is 5.81. The first kappa shape index (κ1) is 16.4. The van der Waals surface area contributed by atoms with E-state index in [1.54, 1.807) is 0 Å².